The molecule has 0 atom stereocenters. The number of aromatic nitrogens is 1. The topological polar surface area (TPSA) is 91.8 Å². The Balaban J connectivity index is 2.22. The molecule has 0 spiro atoms. The number of anilines is 2. The molecule has 0 fully saturated rings. The van der Waals surface area contributed by atoms with Gasteiger partial charge >= 0.3 is 0 Å². The van der Waals surface area contributed by atoms with E-state index in [9.17, 15) is 4.79 Å². The molecule has 2 aromatic rings. The molecule has 6 heteroatoms. The number of halogens is 1. The van der Waals surface area contributed by atoms with Crippen molar-refractivity contribution >= 4 is 33.3 Å². The van der Waals surface area contributed by atoms with E-state index in [1.807, 2.05) is 6.07 Å². The summed E-state index contributed by atoms with van der Waals surface area (Å²) in [6.45, 7) is 0. The minimum Gasteiger partial charge on any atom is -0.384 e. The molecular weight excluding hydrogens is 308 g/mol. The molecule has 1 amide bonds. The van der Waals surface area contributed by atoms with Gasteiger partial charge in [-0.05, 0) is 46.3 Å². The molecule has 0 aliphatic carbocycles. The summed E-state index contributed by atoms with van der Waals surface area (Å²) < 4.78 is 0.629. The lowest BCUT2D eigenvalue weighted by molar-refractivity contribution is 0.102. The van der Waals surface area contributed by atoms with Crippen LogP contribution < -0.4 is 11.1 Å². The molecule has 1 aromatic heterocycles. The third-order valence-electron chi connectivity index (χ3n) is 2.35. The Morgan fingerprint density at radius 3 is 2.79 bits per heavy atom. The second kappa shape index (κ2) is 5.50. The molecule has 3 N–H and O–H groups in total. The summed E-state index contributed by atoms with van der Waals surface area (Å²) in [5, 5.41) is 11.5. The maximum Gasteiger partial charge on any atom is 0.274 e. The summed E-state index contributed by atoms with van der Waals surface area (Å²) in [7, 11) is 0. The van der Waals surface area contributed by atoms with Gasteiger partial charge in [0, 0.05) is 4.47 Å². The second-order valence-electron chi connectivity index (χ2n) is 3.71. The van der Waals surface area contributed by atoms with Gasteiger partial charge in [0.05, 0.1) is 17.3 Å². The van der Waals surface area contributed by atoms with E-state index in [-0.39, 0.29) is 17.4 Å². The first-order valence-corrected chi connectivity index (χ1v) is 6.13. The average molecular weight is 317 g/mol. The van der Waals surface area contributed by atoms with Crippen molar-refractivity contribution < 1.29 is 4.79 Å². The summed E-state index contributed by atoms with van der Waals surface area (Å²) >= 11 is 3.29. The highest BCUT2D eigenvalue weighted by atomic mass is 79.9. The Labute approximate surface area is 118 Å². The Morgan fingerprint density at radius 2 is 2.16 bits per heavy atom. The van der Waals surface area contributed by atoms with Gasteiger partial charge in [0.25, 0.3) is 5.91 Å². The maximum atomic E-state index is 12.0. The Morgan fingerprint density at radius 1 is 1.37 bits per heavy atom. The van der Waals surface area contributed by atoms with E-state index in [4.69, 9.17) is 11.0 Å². The van der Waals surface area contributed by atoms with E-state index in [1.54, 1.807) is 36.4 Å². The quantitative estimate of drug-likeness (QED) is 0.890. The van der Waals surface area contributed by atoms with Crippen LogP contribution in [0.4, 0.5) is 11.5 Å². The number of pyridine rings is 1. The van der Waals surface area contributed by atoms with Crippen LogP contribution in [0.15, 0.2) is 40.9 Å². The molecule has 0 aliphatic heterocycles. The Kier molecular flexibility index (Phi) is 3.78. The molecule has 19 heavy (non-hydrogen) atoms. The Hall–Kier alpha value is -2.39. The van der Waals surface area contributed by atoms with Crippen LogP contribution in [-0.2, 0) is 0 Å². The van der Waals surface area contributed by atoms with Crippen LogP contribution in [-0.4, -0.2) is 10.9 Å². The van der Waals surface area contributed by atoms with Crippen LogP contribution in [0.1, 0.15) is 16.1 Å². The molecule has 1 aromatic carbocycles. The molecule has 5 nitrogen and oxygen atoms in total. The minimum absolute atomic E-state index is 0.233. The molecule has 2 rings (SSSR count). The molecule has 0 bridgehead atoms. The van der Waals surface area contributed by atoms with E-state index in [2.05, 4.69) is 26.2 Å². The molecular formula is C13H9BrN4O. The fraction of sp³-hybridized carbons (Fsp3) is 0. The Bertz CT molecular complexity index is 679. The van der Waals surface area contributed by atoms with E-state index < -0.39 is 0 Å². The number of nitrogen functional groups attached to an aromatic ring is 1. The van der Waals surface area contributed by atoms with Gasteiger partial charge in [-0.3, -0.25) is 4.79 Å². The number of nitrogens with two attached hydrogens (primary N) is 1. The predicted octanol–water partition coefficient (Wildman–Crippen LogP) is 2.55. The van der Waals surface area contributed by atoms with Crippen LogP contribution in [0.2, 0.25) is 0 Å². The summed E-state index contributed by atoms with van der Waals surface area (Å²) in [5.74, 6) is -0.0794. The van der Waals surface area contributed by atoms with Gasteiger partial charge < -0.3 is 11.1 Å². The summed E-state index contributed by atoms with van der Waals surface area (Å²) in [6, 6.07) is 11.7. The van der Waals surface area contributed by atoms with Crippen LogP contribution in [0.25, 0.3) is 0 Å². The van der Waals surface area contributed by atoms with Crippen LogP contribution in [0, 0.1) is 11.3 Å². The predicted molar refractivity (Wildman–Crippen MR) is 75.5 cm³/mol. The largest absolute Gasteiger partial charge is 0.384 e. The number of rotatable bonds is 2. The summed E-state index contributed by atoms with van der Waals surface area (Å²) in [4.78, 5) is 15.9. The number of hydrogen-bond acceptors (Lipinski definition) is 4. The first-order valence-electron chi connectivity index (χ1n) is 5.33. The number of nitrogens with zero attached hydrogens (tertiary/aromatic N) is 2. The molecule has 94 valence electrons. The summed E-state index contributed by atoms with van der Waals surface area (Å²) in [6.07, 6.45) is 0. The van der Waals surface area contributed by atoms with Crippen LogP contribution in [0.3, 0.4) is 0 Å². The number of nitrogens with one attached hydrogen (secondary N) is 1. The number of benzene rings is 1. The average Bonchev–Trinajstić information content (AvgIpc) is 2.41. The van der Waals surface area contributed by atoms with Crippen LogP contribution in [0.5, 0.6) is 0 Å². The second-order valence-corrected chi connectivity index (χ2v) is 4.56. The monoisotopic (exact) mass is 316 g/mol. The highest BCUT2D eigenvalue weighted by Gasteiger charge is 2.10. The lowest BCUT2D eigenvalue weighted by Crippen LogP contribution is -2.14. The van der Waals surface area contributed by atoms with Gasteiger partial charge in [-0.25, -0.2) is 4.98 Å². The van der Waals surface area contributed by atoms with Crippen molar-refractivity contribution in [2.75, 3.05) is 11.1 Å². The lowest BCUT2D eigenvalue weighted by atomic mass is 10.2. The van der Waals surface area contributed by atoms with Gasteiger partial charge in [-0.1, -0.05) is 6.07 Å². The highest BCUT2D eigenvalue weighted by Crippen LogP contribution is 2.23. The number of carbonyl (C=O) groups is 1. The fourth-order valence-electron chi connectivity index (χ4n) is 1.45. The molecule has 0 aliphatic rings. The summed E-state index contributed by atoms with van der Waals surface area (Å²) in [5.41, 5.74) is 6.82. The number of amides is 1. The SMILES string of the molecule is N#Cc1ccc(NC(=O)c2cccc(N)n2)c(Br)c1. The van der Waals surface area contributed by atoms with Gasteiger partial charge in [-0.15, -0.1) is 0 Å². The highest BCUT2D eigenvalue weighted by molar-refractivity contribution is 9.10. The van der Waals surface area contributed by atoms with Crippen LogP contribution >= 0.6 is 15.9 Å². The van der Waals surface area contributed by atoms with Gasteiger partial charge in [-0.2, -0.15) is 5.26 Å². The van der Waals surface area contributed by atoms with Gasteiger partial charge in [0.2, 0.25) is 0 Å². The third kappa shape index (κ3) is 3.09. The van der Waals surface area contributed by atoms with Crippen molar-refractivity contribution in [2.24, 2.45) is 0 Å². The molecule has 0 saturated heterocycles. The van der Waals surface area contributed by atoms with E-state index >= 15 is 0 Å². The molecule has 0 unspecified atom stereocenters. The zero-order valence-electron chi connectivity index (χ0n) is 9.72. The van der Waals surface area contributed by atoms with Crippen molar-refractivity contribution in [1.82, 2.24) is 4.98 Å². The van der Waals surface area contributed by atoms with Gasteiger partial charge in [0.15, 0.2) is 0 Å². The van der Waals surface area contributed by atoms with E-state index in [0.29, 0.717) is 15.7 Å². The van der Waals surface area contributed by atoms with Crippen molar-refractivity contribution in [1.29, 1.82) is 5.26 Å². The number of carbonyl (C=O) groups excluding carboxylic acids is 1. The lowest BCUT2D eigenvalue weighted by Gasteiger charge is -2.07. The van der Waals surface area contributed by atoms with E-state index in [0.717, 1.165) is 0 Å². The molecule has 0 saturated carbocycles. The van der Waals surface area contributed by atoms with Gasteiger partial charge in [0.1, 0.15) is 11.5 Å². The van der Waals surface area contributed by atoms with Crippen molar-refractivity contribution in [3.8, 4) is 6.07 Å². The fourth-order valence-corrected chi connectivity index (χ4v) is 1.93. The maximum absolute atomic E-state index is 12.0. The van der Waals surface area contributed by atoms with Crippen molar-refractivity contribution in [3.05, 3.63) is 52.1 Å². The standard InChI is InChI=1S/C13H9BrN4O/c14-9-6-8(7-15)4-5-10(9)18-13(19)11-2-1-3-12(16)17-11/h1-6H,(H2,16,17)(H,18,19). The first-order chi connectivity index (χ1) is 9.10. The zero-order chi connectivity index (χ0) is 13.8. The number of nitriles is 1. The van der Waals surface area contributed by atoms with E-state index in [1.165, 1.54) is 0 Å². The minimum atomic E-state index is -0.363. The smallest absolute Gasteiger partial charge is 0.274 e. The first kappa shape index (κ1) is 13.1. The van der Waals surface area contributed by atoms with Crippen molar-refractivity contribution in [2.45, 2.75) is 0 Å². The van der Waals surface area contributed by atoms with Crippen molar-refractivity contribution in [3.63, 3.8) is 0 Å². The number of hydrogen-bond donors (Lipinski definition) is 2. The third-order valence-corrected chi connectivity index (χ3v) is 3.01. The molecule has 0 radical (unpaired) electrons. The normalized spacial score (nSPS) is 9.68. The zero-order valence-corrected chi connectivity index (χ0v) is 11.3. The molecule has 1 heterocycles.